The van der Waals surface area contributed by atoms with Gasteiger partial charge in [0, 0.05) is 25.1 Å². The Hall–Kier alpha value is -4.25. The van der Waals surface area contributed by atoms with Crippen LogP contribution in [0.5, 0.6) is 11.5 Å². The monoisotopic (exact) mass is 711 g/mol. The van der Waals surface area contributed by atoms with Crippen LogP contribution in [0, 0.1) is 0 Å². The summed E-state index contributed by atoms with van der Waals surface area (Å²) < 4.78 is 40.3. The van der Waals surface area contributed by atoms with Crippen molar-refractivity contribution in [2.24, 2.45) is 0 Å². The maximum Gasteiger partial charge on any atom is 0.264 e. The van der Waals surface area contributed by atoms with Gasteiger partial charge in [-0.15, -0.1) is 0 Å². The van der Waals surface area contributed by atoms with Gasteiger partial charge in [-0.2, -0.15) is 0 Å². The Bertz CT molecular complexity index is 1810. The number of amides is 2. The average molecular weight is 713 g/mol. The van der Waals surface area contributed by atoms with Crippen molar-refractivity contribution in [1.82, 2.24) is 10.2 Å². The second-order valence-corrected chi connectivity index (χ2v) is 13.8. The zero-order chi connectivity index (χ0) is 34.8. The molecule has 0 aromatic heterocycles. The van der Waals surface area contributed by atoms with Crippen LogP contribution in [0.25, 0.3) is 0 Å². The molecule has 0 unspecified atom stereocenters. The van der Waals surface area contributed by atoms with E-state index in [1.807, 2.05) is 44.2 Å². The number of anilines is 1. The number of hydrogen-bond acceptors (Lipinski definition) is 6. The van der Waals surface area contributed by atoms with Crippen LogP contribution in [-0.4, -0.2) is 58.0 Å². The highest BCUT2D eigenvalue weighted by Gasteiger charge is 2.35. The minimum atomic E-state index is -4.29. The topological polar surface area (TPSA) is 105 Å². The van der Waals surface area contributed by atoms with Crippen molar-refractivity contribution < 1.29 is 27.5 Å². The molecule has 0 fully saturated rings. The highest BCUT2D eigenvalue weighted by Crippen LogP contribution is 2.34. The van der Waals surface area contributed by atoms with E-state index in [2.05, 4.69) is 5.32 Å². The van der Waals surface area contributed by atoms with Crippen molar-refractivity contribution in [1.29, 1.82) is 0 Å². The van der Waals surface area contributed by atoms with Gasteiger partial charge in [0.1, 0.15) is 12.6 Å². The number of hydrogen-bond donors (Lipinski definition) is 1. The molecule has 1 N–H and O–H groups in total. The van der Waals surface area contributed by atoms with Gasteiger partial charge < -0.3 is 19.7 Å². The highest BCUT2D eigenvalue weighted by molar-refractivity contribution is 7.92. The number of benzene rings is 4. The minimum Gasteiger partial charge on any atom is -0.493 e. The lowest BCUT2D eigenvalue weighted by Gasteiger charge is -2.34. The Morgan fingerprint density at radius 2 is 1.46 bits per heavy atom. The summed E-state index contributed by atoms with van der Waals surface area (Å²) in [6.45, 7) is 3.15. The molecule has 0 bridgehead atoms. The molecule has 0 aliphatic carbocycles. The average Bonchev–Trinajstić information content (AvgIpc) is 3.10. The zero-order valence-corrected chi connectivity index (χ0v) is 29.6. The first-order valence-electron chi connectivity index (χ1n) is 15.4. The molecule has 4 aromatic rings. The Labute approximate surface area is 292 Å². The quantitative estimate of drug-likeness (QED) is 0.146. The van der Waals surface area contributed by atoms with Gasteiger partial charge in [0.2, 0.25) is 11.8 Å². The summed E-state index contributed by atoms with van der Waals surface area (Å²) in [7, 11) is -1.38. The molecular weight excluding hydrogens is 673 g/mol. The molecule has 0 aliphatic heterocycles. The van der Waals surface area contributed by atoms with Crippen LogP contribution < -0.4 is 19.1 Å². The highest BCUT2D eigenvalue weighted by atomic mass is 35.5. The molecule has 48 heavy (non-hydrogen) atoms. The molecule has 2 amide bonds. The Morgan fingerprint density at radius 3 is 2.06 bits per heavy atom. The van der Waals surface area contributed by atoms with Crippen LogP contribution in [-0.2, 0) is 32.6 Å². The maximum atomic E-state index is 14.7. The van der Waals surface area contributed by atoms with Crippen molar-refractivity contribution in [3.63, 3.8) is 0 Å². The fraction of sp³-hybridized carbons (Fsp3) is 0.278. The van der Waals surface area contributed by atoms with Crippen molar-refractivity contribution in [2.75, 3.05) is 25.1 Å². The Kier molecular flexibility index (Phi) is 12.7. The summed E-state index contributed by atoms with van der Waals surface area (Å²) in [6.07, 6.45) is 0.852. The molecule has 0 saturated heterocycles. The molecule has 4 aromatic carbocycles. The van der Waals surface area contributed by atoms with Crippen LogP contribution >= 0.6 is 23.2 Å². The molecule has 0 saturated carbocycles. The summed E-state index contributed by atoms with van der Waals surface area (Å²) in [4.78, 5) is 30.0. The van der Waals surface area contributed by atoms with Gasteiger partial charge in [0.15, 0.2) is 11.5 Å². The third kappa shape index (κ3) is 9.00. The fourth-order valence-corrected chi connectivity index (χ4v) is 6.81. The lowest BCUT2D eigenvalue weighted by atomic mass is 10.0. The standard InChI is InChI=1S/C36H39Cl2N3O6S/c1-5-25(2)39-36(43)32(21-26-12-8-6-9-13-26)40(23-27-16-18-30(37)31(38)20-27)35(42)24-41(48(44,45)29-14-10-7-11-15-29)28-17-19-33(46-3)34(22-28)47-4/h6-20,22,25,32H,5,21,23-24H2,1-4H3,(H,39,43)/t25-,32-/m0/s1. The summed E-state index contributed by atoms with van der Waals surface area (Å²) in [5, 5.41) is 3.63. The number of halogens is 2. The smallest absolute Gasteiger partial charge is 0.264 e. The number of carbonyl (C=O) groups is 2. The van der Waals surface area contributed by atoms with Crippen LogP contribution in [0.1, 0.15) is 31.4 Å². The van der Waals surface area contributed by atoms with Crippen LogP contribution in [0.2, 0.25) is 10.0 Å². The van der Waals surface area contributed by atoms with E-state index >= 15 is 0 Å². The molecular formula is C36H39Cl2N3O6S. The molecule has 12 heteroatoms. The van der Waals surface area contributed by atoms with Crippen LogP contribution in [0.3, 0.4) is 0 Å². The molecule has 0 aliphatic rings. The number of carbonyl (C=O) groups excluding carboxylic acids is 2. The van der Waals surface area contributed by atoms with Crippen LogP contribution in [0.15, 0.2) is 102 Å². The van der Waals surface area contributed by atoms with Crippen molar-refractivity contribution in [3.8, 4) is 11.5 Å². The molecule has 0 spiro atoms. The van der Waals surface area contributed by atoms with E-state index < -0.39 is 28.5 Å². The van der Waals surface area contributed by atoms with E-state index in [1.165, 1.54) is 43.4 Å². The molecule has 4 rings (SSSR count). The number of nitrogens with zero attached hydrogens (tertiary/aromatic N) is 2. The van der Waals surface area contributed by atoms with Gasteiger partial charge in [-0.3, -0.25) is 13.9 Å². The van der Waals surface area contributed by atoms with Crippen molar-refractivity contribution in [3.05, 3.63) is 118 Å². The van der Waals surface area contributed by atoms with Gasteiger partial charge in [-0.1, -0.05) is 84.7 Å². The molecule has 2 atom stereocenters. The predicted octanol–water partition coefficient (Wildman–Crippen LogP) is 6.76. The van der Waals surface area contributed by atoms with Gasteiger partial charge >= 0.3 is 0 Å². The van der Waals surface area contributed by atoms with Gasteiger partial charge in [-0.25, -0.2) is 8.42 Å². The van der Waals surface area contributed by atoms with E-state index in [1.54, 1.807) is 42.5 Å². The zero-order valence-electron chi connectivity index (χ0n) is 27.2. The molecule has 254 valence electrons. The van der Waals surface area contributed by atoms with E-state index in [0.717, 1.165) is 9.87 Å². The number of ether oxygens (including phenoxy) is 2. The first-order chi connectivity index (χ1) is 23.0. The molecule has 0 heterocycles. The maximum absolute atomic E-state index is 14.7. The summed E-state index contributed by atoms with van der Waals surface area (Å²) in [6, 6.07) is 25.5. The number of nitrogens with one attached hydrogen (secondary N) is 1. The van der Waals surface area contributed by atoms with E-state index in [4.69, 9.17) is 32.7 Å². The largest absolute Gasteiger partial charge is 0.493 e. The SMILES string of the molecule is CC[C@H](C)NC(=O)[C@H](Cc1ccccc1)N(Cc1ccc(Cl)c(Cl)c1)C(=O)CN(c1ccc(OC)c(OC)c1)S(=O)(=O)c1ccccc1. The number of rotatable bonds is 15. The first-order valence-corrected chi connectivity index (χ1v) is 17.6. The minimum absolute atomic E-state index is 0.0148. The van der Waals surface area contributed by atoms with Crippen molar-refractivity contribution >= 4 is 50.7 Å². The lowest BCUT2D eigenvalue weighted by Crippen LogP contribution is -2.54. The fourth-order valence-electron chi connectivity index (χ4n) is 5.06. The second kappa shape index (κ2) is 16.7. The predicted molar refractivity (Wildman–Crippen MR) is 189 cm³/mol. The van der Waals surface area contributed by atoms with E-state index in [9.17, 15) is 18.0 Å². The van der Waals surface area contributed by atoms with E-state index in [-0.39, 0.29) is 46.3 Å². The van der Waals surface area contributed by atoms with Crippen molar-refractivity contribution in [2.45, 2.75) is 50.2 Å². The Balaban J connectivity index is 1.85. The first kappa shape index (κ1) is 36.6. The third-order valence-electron chi connectivity index (χ3n) is 7.87. The van der Waals surface area contributed by atoms with Gasteiger partial charge in [0.05, 0.1) is 34.8 Å². The Morgan fingerprint density at radius 1 is 0.812 bits per heavy atom. The molecule has 9 nitrogen and oxygen atoms in total. The van der Waals surface area contributed by atoms with Gasteiger partial charge in [0.25, 0.3) is 10.0 Å². The second-order valence-electron chi connectivity index (χ2n) is 11.2. The van der Waals surface area contributed by atoms with Gasteiger partial charge in [-0.05, 0) is 60.9 Å². The normalized spacial score (nSPS) is 12.5. The number of sulfonamides is 1. The third-order valence-corrected chi connectivity index (χ3v) is 10.4. The number of methoxy groups -OCH3 is 2. The van der Waals surface area contributed by atoms with E-state index in [0.29, 0.717) is 22.8 Å². The summed E-state index contributed by atoms with van der Waals surface area (Å²) in [5.74, 6) is -0.324. The molecule has 0 radical (unpaired) electrons. The summed E-state index contributed by atoms with van der Waals surface area (Å²) >= 11 is 12.6. The van der Waals surface area contributed by atoms with Crippen LogP contribution in [0.4, 0.5) is 5.69 Å². The lowest BCUT2D eigenvalue weighted by molar-refractivity contribution is -0.140. The summed E-state index contributed by atoms with van der Waals surface area (Å²) in [5.41, 5.74) is 1.60.